The lowest BCUT2D eigenvalue weighted by Crippen LogP contribution is -2.54. The van der Waals surface area contributed by atoms with Crippen LogP contribution in [0.2, 0.25) is 0 Å². The molecule has 36 heavy (non-hydrogen) atoms. The van der Waals surface area contributed by atoms with Crippen LogP contribution in [0.5, 0.6) is 0 Å². The molecule has 4 fully saturated rings. The summed E-state index contributed by atoms with van der Waals surface area (Å²) in [7, 11) is 0. The molecule has 3 heteroatoms. The van der Waals surface area contributed by atoms with Gasteiger partial charge in [-0.1, -0.05) is 55.7 Å². The van der Waals surface area contributed by atoms with Gasteiger partial charge in [0.15, 0.2) is 0 Å². The molecule has 1 amide bonds. The third-order valence-electron chi connectivity index (χ3n) is 9.64. The third-order valence-corrected chi connectivity index (χ3v) is 9.64. The Kier molecular flexibility index (Phi) is 6.11. The molecule has 1 aliphatic heterocycles. The molecule has 5 aliphatic rings. The smallest absolute Gasteiger partial charge is 0.299 e. The average Bonchev–Trinajstić information content (AvgIpc) is 2.85. The van der Waals surface area contributed by atoms with Gasteiger partial charge in [-0.2, -0.15) is 0 Å². The second-order valence-corrected chi connectivity index (χ2v) is 12.4. The minimum absolute atomic E-state index is 0.131. The molecule has 7 rings (SSSR count). The molecule has 2 aromatic rings. The van der Waals surface area contributed by atoms with Crippen molar-refractivity contribution in [2.45, 2.75) is 95.7 Å². The number of carbonyl (C=O) groups excluding carboxylic acids is 1. The van der Waals surface area contributed by atoms with Gasteiger partial charge in [0.05, 0.1) is 6.04 Å². The molecule has 0 aromatic heterocycles. The second kappa shape index (κ2) is 9.29. The number of nitrogens with zero attached hydrogens (tertiary/aromatic N) is 1. The number of anilines is 1. The number of fused-ring (bicyclic) bond motifs is 1. The molecule has 0 saturated heterocycles. The lowest BCUT2D eigenvalue weighted by atomic mass is 9.53. The van der Waals surface area contributed by atoms with Gasteiger partial charge in [0.25, 0.3) is 5.91 Å². The summed E-state index contributed by atoms with van der Waals surface area (Å²) in [4.78, 5) is 15.2. The van der Waals surface area contributed by atoms with E-state index in [1.54, 1.807) is 0 Å². The van der Waals surface area contributed by atoms with Crippen molar-refractivity contribution < 1.29 is 4.79 Å². The van der Waals surface area contributed by atoms with Crippen molar-refractivity contribution in [1.29, 1.82) is 0 Å². The lowest BCUT2D eigenvalue weighted by molar-refractivity contribution is -0.130. The van der Waals surface area contributed by atoms with E-state index in [1.807, 2.05) is 4.90 Å². The van der Waals surface area contributed by atoms with Gasteiger partial charge in [-0.25, -0.2) is 0 Å². The molecule has 4 aliphatic carbocycles. The fourth-order valence-electron chi connectivity index (χ4n) is 8.59. The SMILES string of the molecule is C#CC(=O)N1[C@@H](CCCC)Cc2cc(C)ccc2[C@@H]1c1ccc(NC23CC4CC(CC(C4)C2)C3)cc1. The molecule has 2 atom stereocenters. The quantitative estimate of drug-likeness (QED) is 0.450. The summed E-state index contributed by atoms with van der Waals surface area (Å²) in [6, 6.07) is 15.6. The van der Waals surface area contributed by atoms with E-state index < -0.39 is 0 Å². The van der Waals surface area contributed by atoms with Crippen LogP contribution in [0, 0.1) is 37.0 Å². The number of benzene rings is 2. The van der Waals surface area contributed by atoms with Crippen LogP contribution in [0.4, 0.5) is 5.69 Å². The van der Waals surface area contributed by atoms with E-state index in [9.17, 15) is 4.79 Å². The normalized spacial score (nSPS) is 32.1. The highest BCUT2D eigenvalue weighted by Crippen LogP contribution is 2.56. The van der Waals surface area contributed by atoms with Gasteiger partial charge < -0.3 is 10.2 Å². The number of rotatable bonds is 6. The maximum atomic E-state index is 13.2. The molecule has 3 nitrogen and oxygen atoms in total. The first-order valence-electron chi connectivity index (χ1n) is 14.2. The molecular formula is C33H40N2O. The Morgan fingerprint density at radius 3 is 2.33 bits per heavy atom. The number of aryl methyl sites for hydroxylation is 1. The predicted molar refractivity (Wildman–Crippen MR) is 147 cm³/mol. The van der Waals surface area contributed by atoms with Crippen LogP contribution in [0.3, 0.4) is 0 Å². The zero-order chi connectivity index (χ0) is 24.9. The molecular weight excluding hydrogens is 440 g/mol. The van der Waals surface area contributed by atoms with Crippen molar-refractivity contribution in [2.24, 2.45) is 17.8 Å². The summed E-state index contributed by atoms with van der Waals surface area (Å²) in [6.45, 7) is 4.36. The fraction of sp³-hybridized carbons (Fsp3) is 0.545. The van der Waals surface area contributed by atoms with Crippen LogP contribution < -0.4 is 5.32 Å². The maximum Gasteiger partial charge on any atom is 0.299 e. The molecule has 4 saturated carbocycles. The predicted octanol–water partition coefficient (Wildman–Crippen LogP) is 7.04. The Labute approximate surface area is 217 Å². The van der Waals surface area contributed by atoms with Crippen molar-refractivity contribution >= 4 is 11.6 Å². The van der Waals surface area contributed by atoms with Crippen LogP contribution in [0.15, 0.2) is 42.5 Å². The molecule has 0 radical (unpaired) electrons. The van der Waals surface area contributed by atoms with E-state index >= 15 is 0 Å². The highest BCUT2D eigenvalue weighted by Gasteiger charge is 2.51. The van der Waals surface area contributed by atoms with Crippen molar-refractivity contribution in [3.63, 3.8) is 0 Å². The van der Waals surface area contributed by atoms with Crippen molar-refractivity contribution in [3.05, 3.63) is 64.7 Å². The molecule has 2 aromatic carbocycles. The summed E-state index contributed by atoms with van der Waals surface area (Å²) in [5.41, 5.74) is 6.52. The number of amides is 1. The number of hydrogen-bond acceptors (Lipinski definition) is 2. The van der Waals surface area contributed by atoms with Crippen LogP contribution in [0.25, 0.3) is 0 Å². The average molecular weight is 481 g/mol. The van der Waals surface area contributed by atoms with Gasteiger partial charge in [-0.3, -0.25) is 4.79 Å². The van der Waals surface area contributed by atoms with Gasteiger partial charge in [0, 0.05) is 17.3 Å². The van der Waals surface area contributed by atoms with Crippen LogP contribution >= 0.6 is 0 Å². The fourth-order valence-corrected chi connectivity index (χ4v) is 8.59. The number of nitrogens with one attached hydrogen (secondary N) is 1. The standard InChI is InChI=1S/C33H40N2O/c1-4-6-7-29-18-27-14-22(3)8-13-30(27)32(35(29)31(36)5-2)26-9-11-28(12-10-26)34-33-19-23-15-24(20-33)17-25(16-23)21-33/h2,8-14,23-25,29,32,34H,4,6-7,15-21H2,1,3H3/t23?,24?,25?,29-,32-,33?/m0/s1. The first-order chi connectivity index (χ1) is 17.5. The Balaban J connectivity index is 1.32. The minimum Gasteiger partial charge on any atom is -0.380 e. The zero-order valence-electron chi connectivity index (χ0n) is 21.9. The van der Waals surface area contributed by atoms with E-state index in [1.165, 1.54) is 60.9 Å². The van der Waals surface area contributed by atoms with Gasteiger partial charge in [0.2, 0.25) is 0 Å². The van der Waals surface area contributed by atoms with Gasteiger partial charge in [-0.15, -0.1) is 6.42 Å². The Bertz CT molecular complexity index is 1140. The maximum absolute atomic E-state index is 13.2. The second-order valence-electron chi connectivity index (χ2n) is 12.4. The Morgan fingerprint density at radius 2 is 1.72 bits per heavy atom. The molecule has 0 unspecified atom stereocenters. The molecule has 188 valence electrons. The molecule has 1 heterocycles. The van der Waals surface area contributed by atoms with E-state index in [0.717, 1.165) is 49.0 Å². The lowest BCUT2D eigenvalue weighted by Gasteiger charge is -2.57. The van der Waals surface area contributed by atoms with Gasteiger partial charge >= 0.3 is 0 Å². The number of terminal acetylenes is 1. The largest absolute Gasteiger partial charge is 0.380 e. The summed E-state index contributed by atoms with van der Waals surface area (Å²) in [6.07, 6.45) is 18.2. The number of hydrogen-bond donors (Lipinski definition) is 1. The topological polar surface area (TPSA) is 32.3 Å². The minimum atomic E-state index is -0.192. The highest BCUT2D eigenvalue weighted by atomic mass is 16.2. The molecule has 4 bridgehead atoms. The van der Waals surface area contributed by atoms with Crippen molar-refractivity contribution in [3.8, 4) is 12.3 Å². The Morgan fingerprint density at radius 1 is 1.06 bits per heavy atom. The van der Waals surface area contributed by atoms with Crippen LogP contribution in [-0.4, -0.2) is 22.4 Å². The number of unbranched alkanes of at least 4 members (excludes halogenated alkanes) is 1. The highest BCUT2D eigenvalue weighted by molar-refractivity contribution is 5.94. The molecule has 1 N–H and O–H groups in total. The van der Waals surface area contributed by atoms with Gasteiger partial charge in [-0.05, 0) is 111 Å². The third kappa shape index (κ3) is 4.23. The summed E-state index contributed by atoms with van der Waals surface area (Å²) in [5, 5.41) is 4.01. The van der Waals surface area contributed by atoms with Gasteiger partial charge in [0.1, 0.15) is 0 Å². The summed E-state index contributed by atoms with van der Waals surface area (Å²) >= 11 is 0. The first kappa shape index (κ1) is 23.7. The van der Waals surface area contributed by atoms with Crippen molar-refractivity contribution in [2.75, 3.05) is 5.32 Å². The van der Waals surface area contributed by atoms with Crippen molar-refractivity contribution in [1.82, 2.24) is 4.90 Å². The first-order valence-corrected chi connectivity index (χ1v) is 14.2. The molecule has 0 spiro atoms. The van der Waals surface area contributed by atoms with Crippen LogP contribution in [-0.2, 0) is 11.2 Å². The number of carbonyl (C=O) groups is 1. The zero-order valence-corrected chi connectivity index (χ0v) is 21.9. The van der Waals surface area contributed by atoms with E-state index in [0.29, 0.717) is 5.54 Å². The van der Waals surface area contributed by atoms with E-state index in [2.05, 4.69) is 67.5 Å². The van der Waals surface area contributed by atoms with E-state index in [-0.39, 0.29) is 18.0 Å². The van der Waals surface area contributed by atoms with E-state index in [4.69, 9.17) is 6.42 Å². The summed E-state index contributed by atoms with van der Waals surface area (Å²) in [5.74, 6) is 5.04. The van der Waals surface area contributed by atoms with Crippen LogP contribution in [0.1, 0.15) is 93.0 Å². The summed E-state index contributed by atoms with van der Waals surface area (Å²) < 4.78 is 0. The monoisotopic (exact) mass is 480 g/mol. The Hall–Kier alpha value is -2.73.